The Morgan fingerprint density at radius 3 is 2.43 bits per heavy atom. The molecule has 0 radical (unpaired) electrons. The van der Waals surface area contributed by atoms with Gasteiger partial charge >= 0.3 is 0 Å². The Kier molecular flexibility index (Phi) is 8.91. The first-order chi connectivity index (χ1) is 10.2. The Morgan fingerprint density at radius 1 is 1.05 bits per heavy atom. The monoisotopic (exact) mass is 292 g/mol. The molecule has 0 saturated carbocycles. The average molecular weight is 292 g/mol. The van der Waals surface area contributed by atoms with E-state index in [-0.39, 0.29) is 0 Å². The van der Waals surface area contributed by atoms with Crippen LogP contribution in [0.15, 0.2) is 18.2 Å². The zero-order chi connectivity index (χ0) is 15.5. The van der Waals surface area contributed by atoms with E-state index >= 15 is 0 Å². The summed E-state index contributed by atoms with van der Waals surface area (Å²) in [5.74, 6) is 0.934. The molecule has 0 fully saturated rings. The zero-order valence-corrected chi connectivity index (χ0v) is 14.2. The van der Waals surface area contributed by atoms with Crippen LogP contribution in [-0.2, 0) is 6.54 Å². The van der Waals surface area contributed by atoms with Crippen molar-refractivity contribution in [1.29, 1.82) is 0 Å². The van der Waals surface area contributed by atoms with Crippen LogP contribution >= 0.6 is 0 Å². The van der Waals surface area contributed by atoms with Gasteiger partial charge in [-0.05, 0) is 38.2 Å². The predicted molar refractivity (Wildman–Crippen MR) is 92.3 cm³/mol. The van der Waals surface area contributed by atoms with E-state index in [0.29, 0.717) is 0 Å². The topological polar surface area (TPSA) is 24.5 Å². The number of hydrogen-bond acceptors (Lipinski definition) is 3. The molecule has 0 aliphatic carbocycles. The Balaban J connectivity index is 2.41. The van der Waals surface area contributed by atoms with Crippen molar-refractivity contribution in [3.8, 4) is 5.75 Å². The highest BCUT2D eigenvalue weighted by molar-refractivity contribution is 5.58. The fourth-order valence-electron chi connectivity index (χ4n) is 2.49. The molecular formula is C18H32N2O. The van der Waals surface area contributed by atoms with Crippen molar-refractivity contribution < 1.29 is 4.74 Å². The molecule has 120 valence electrons. The largest absolute Gasteiger partial charge is 0.495 e. The summed E-state index contributed by atoms with van der Waals surface area (Å²) in [6.07, 6.45) is 7.95. The van der Waals surface area contributed by atoms with Crippen molar-refractivity contribution >= 4 is 5.69 Å². The van der Waals surface area contributed by atoms with Crippen LogP contribution in [0, 0.1) is 0 Å². The van der Waals surface area contributed by atoms with Gasteiger partial charge < -0.3 is 15.0 Å². The van der Waals surface area contributed by atoms with E-state index in [1.54, 1.807) is 7.11 Å². The van der Waals surface area contributed by atoms with E-state index in [2.05, 4.69) is 49.4 Å². The maximum atomic E-state index is 5.44. The lowest BCUT2D eigenvalue weighted by molar-refractivity contribution is 0.400. The van der Waals surface area contributed by atoms with Crippen molar-refractivity contribution in [2.24, 2.45) is 0 Å². The molecule has 0 unspecified atom stereocenters. The van der Waals surface area contributed by atoms with Gasteiger partial charge in [0.05, 0.1) is 12.8 Å². The molecule has 0 aliphatic heterocycles. The number of rotatable bonds is 11. The van der Waals surface area contributed by atoms with Crippen LogP contribution in [0.3, 0.4) is 0 Å². The minimum atomic E-state index is 0.934. The molecule has 1 aromatic rings. The van der Waals surface area contributed by atoms with Gasteiger partial charge in [0.15, 0.2) is 0 Å². The van der Waals surface area contributed by atoms with Crippen LogP contribution in [0.5, 0.6) is 5.75 Å². The second-order valence-corrected chi connectivity index (χ2v) is 5.97. The number of anilines is 1. The lowest BCUT2D eigenvalue weighted by Crippen LogP contribution is -2.11. The van der Waals surface area contributed by atoms with E-state index in [9.17, 15) is 0 Å². The van der Waals surface area contributed by atoms with Gasteiger partial charge in [0, 0.05) is 13.1 Å². The van der Waals surface area contributed by atoms with Crippen LogP contribution in [0.1, 0.15) is 51.0 Å². The van der Waals surface area contributed by atoms with Gasteiger partial charge in [0.2, 0.25) is 0 Å². The molecular weight excluding hydrogens is 260 g/mol. The molecule has 1 rings (SSSR count). The highest BCUT2D eigenvalue weighted by Gasteiger charge is 2.04. The van der Waals surface area contributed by atoms with Crippen LogP contribution in [-0.4, -0.2) is 32.6 Å². The second-order valence-electron chi connectivity index (χ2n) is 5.97. The first-order valence-corrected chi connectivity index (χ1v) is 8.23. The lowest BCUT2D eigenvalue weighted by atomic mass is 10.1. The molecule has 0 aliphatic rings. The quantitative estimate of drug-likeness (QED) is 0.606. The highest BCUT2D eigenvalue weighted by atomic mass is 16.5. The van der Waals surface area contributed by atoms with Gasteiger partial charge in [-0.2, -0.15) is 0 Å². The summed E-state index contributed by atoms with van der Waals surface area (Å²) in [4.78, 5) is 2.18. The summed E-state index contributed by atoms with van der Waals surface area (Å²) in [7, 11) is 5.91. The summed E-state index contributed by atoms with van der Waals surface area (Å²) in [6.45, 7) is 4.23. The number of nitrogens with one attached hydrogen (secondary N) is 1. The molecule has 0 atom stereocenters. The zero-order valence-electron chi connectivity index (χ0n) is 14.2. The van der Waals surface area contributed by atoms with Crippen molar-refractivity contribution in [2.75, 3.05) is 33.1 Å². The molecule has 0 amide bonds. The normalized spacial score (nSPS) is 10.9. The van der Waals surface area contributed by atoms with Gasteiger partial charge in [-0.25, -0.2) is 0 Å². The van der Waals surface area contributed by atoms with E-state index < -0.39 is 0 Å². The van der Waals surface area contributed by atoms with Gasteiger partial charge in [0.1, 0.15) is 5.75 Å². The Labute approximate surface area is 130 Å². The summed E-state index contributed by atoms with van der Waals surface area (Å²) >= 11 is 0. The maximum Gasteiger partial charge on any atom is 0.141 e. The summed E-state index contributed by atoms with van der Waals surface area (Å²) in [6, 6.07) is 6.40. The van der Waals surface area contributed by atoms with Gasteiger partial charge in [-0.15, -0.1) is 0 Å². The van der Waals surface area contributed by atoms with E-state index in [4.69, 9.17) is 4.74 Å². The van der Waals surface area contributed by atoms with Crippen LogP contribution in [0.4, 0.5) is 5.69 Å². The number of benzene rings is 1. The van der Waals surface area contributed by atoms with Crippen molar-refractivity contribution in [3.05, 3.63) is 23.8 Å². The predicted octanol–water partition coefficient (Wildman–Crippen LogP) is 4.53. The standard InChI is InChI=1S/C18H32N2O/c1-5-6-7-8-9-10-13-19-17-14-16(15-20(2)3)11-12-18(17)21-4/h11-12,14,19H,5-10,13,15H2,1-4H3. The summed E-state index contributed by atoms with van der Waals surface area (Å²) in [5.41, 5.74) is 2.43. The van der Waals surface area contributed by atoms with Gasteiger partial charge in [-0.1, -0.05) is 45.1 Å². The molecule has 0 aromatic heterocycles. The van der Waals surface area contributed by atoms with Crippen LogP contribution < -0.4 is 10.1 Å². The maximum absolute atomic E-state index is 5.44. The van der Waals surface area contributed by atoms with E-state index in [1.165, 1.54) is 44.1 Å². The van der Waals surface area contributed by atoms with Crippen molar-refractivity contribution in [1.82, 2.24) is 4.90 Å². The van der Waals surface area contributed by atoms with E-state index in [1.807, 2.05) is 0 Å². The number of ether oxygens (including phenoxy) is 1. The summed E-state index contributed by atoms with van der Waals surface area (Å²) < 4.78 is 5.44. The Bertz CT molecular complexity index is 391. The molecule has 0 heterocycles. The van der Waals surface area contributed by atoms with E-state index in [0.717, 1.165) is 24.5 Å². The Morgan fingerprint density at radius 2 is 1.76 bits per heavy atom. The fraction of sp³-hybridized carbons (Fsp3) is 0.667. The number of unbranched alkanes of at least 4 members (excludes halogenated alkanes) is 5. The second kappa shape index (κ2) is 10.5. The first-order valence-electron chi connectivity index (χ1n) is 8.23. The number of nitrogens with zero attached hydrogens (tertiary/aromatic N) is 1. The molecule has 0 spiro atoms. The smallest absolute Gasteiger partial charge is 0.141 e. The minimum Gasteiger partial charge on any atom is -0.495 e. The third kappa shape index (κ3) is 7.37. The molecule has 21 heavy (non-hydrogen) atoms. The van der Waals surface area contributed by atoms with Gasteiger partial charge in [-0.3, -0.25) is 0 Å². The van der Waals surface area contributed by atoms with Crippen molar-refractivity contribution in [2.45, 2.75) is 52.0 Å². The molecule has 3 nitrogen and oxygen atoms in total. The molecule has 3 heteroatoms. The highest BCUT2D eigenvalue weighted by Crippen LogP contribution is 2.26. The van der Waals surface area contributed by atoms with Gasteiger partial charge in [0.25, 0.3) is 0 Å². The lowest BCUT2D eigenvalue weighted by Gasteiger charge is -2.15. The third-order valence-electron chi connectivity index (χ3n) is 3.61. The van der Waals surface area contributed by atoms with Crippen molar-refractivity contribution in [3.63, 3.8) is 0 Å². The molecule has 0 saturated heterocycles. The molecule has 1 N–H and O–H groups in total. The molecule has 1 aromatic carbocycles. The Hall–Kier alpha value is -1.22. The number of hydrogen-bond donors (Lipinski definition) is 1. The fourth-order valence-corrected chi connectivity index (χ4v) is 2.49. The molecule has 0 bridgehead atoms. The minimum absolute atomic E-state index is 0.934. The first kappa shape index (κ1) is 17.8. The third-order valence-corrected chi connectivity index (χ3v) is 3.61. The van der Waals surface area contributed by atoms with Crippen LogP contribution in [0.25, 0.3) is 0 Å². The van der Waals surface area contributed by atoms with Crippen LogP contribution in [0.2, 0.25) is 0 Å². The summed E-state index contributed by atoms with van der Waals surface area (Å²) in [5, 5.41) is 3.53. The average Bonchev–Trinajstić information content (AvgIpc) is 2.46. The number of methoxy groups -OCH3 is 1. The SMILES string of the molecule is CCCCCCCCNc1cc(CN(C)C)ccc1OC.